The van der Waals surface area contributed by atoms with E-state index in [1.807, 2.05) is 0 Å². The largest absolute Gasteiger partial charge is 0.396 e. The summed E-state index contributed by atoms with van der Waals surface area (Å²) in [7, 11) is 0. The number of hydrogen-bond donors (Lipinski definition) is 3. The third-order valence-electron chi connectivity index (χ3n) is 4.47. The van der Waals surface area contributed by atoms with Crippen LogP contribution in [-0.2, 0) is 9.47 Å². The maximum Gasteiger partial charge on any atom is 0.223 e. The van der Waals surface area contributed by atoms with E-state index in [0.29, 0.717) is 55.0 Å². The molecule has 8 nitrogen and oxygen atoms in total. The standard InChI is InChI=1S/C21H22FN5O3/c1-13-11-29-20(30-12-13)19-26-17(14-3-5-15(22)6-4-14)18(27-19)16-7-9-24-21(25-16)23-8-2-10-28/h3-7,9,20,28H,1-2,8,10-12H2,(H,26,27)(H,23,24,25). The molecule has 9 heteroatoms. The molecule has 0 amide bonds. The van der Waals surface area contributed by atoms with Crippen molar-refractivity contribution < 1.29 is 19.0 Å². The number of nitrogens with one attached hydrogen (secondary N) is 2. The monoisotopic (exact) mass is 411 g/mol. The topological polar surface area (TPSA) is 105 Å². The second-order valence-electron chi connectivity index (χ2n) is 6.83. The minimum atomic E-state index is -0.660. The van der Waals surface area contributed by atoms with Crippen LogP contribution in [0, 0.1) is 5.82 Å². The molecular formula is C21H22FN5O3. The van der Waals surface area contributed by atoms with Crippen LogP contribution in [0.4, 0.5) is 10.3 Å². The molecule has 156 valence electrons. The third-order valence-corrected chi connectivity index (χ3v) is 4.47. The number of aliphatic hydroxyl groups is 1. The number of benzene rings is 1. The zero-order chi connectivity index (χ0) is 20.9. The van der Waals surface area contributed by atoms with Crippen LogP contribution in [0.25, 0.3) is 22.6 Å². The van der Waals surface area contributed by atoms with E-state index in [2.05, 4.69) is 31.8 Å². The van der Waals surface area contributed by atoms with Crippen molar-refractivity contribution >= 4 is 5.95 Å². The van der Waals surface area contributed by atoms with Crippen LogP contribution in [0.5, 0.6) is 0 Å². The van der Waals surface area contributed by atoms with Crippen molar-refractivity contribution in [3.63, 3.8) is 0 Å². The highest BCUT2D eigenvalue weighted by molar-refractivity contribution is 5.77. The first-order chi connectivity index (χ1) is 14.6. The molecule has 0 radical (unpaired) electrons. The first-order valence-corrected chi connectivity index (χ1v) is 9.58. The predicted molar refractivity (Wildman–Crippen MR) is 109 cm³/mol. The van der Waals surface area contributed by atoms with E-state index in [0.717, 1.165) is 11.1 Å². The minimum Gasteiger partial charge on any atom is -0.396 e. The Balaban J connectivity index is 1.71. The Kier molecular flexibility index (Phi) is 6.12. The maximum absolute atomic E-state index is 13.4. The van der Waals surface area contributed by atoms with Crippen LogP contribution in [-0.4, -0.2) is 51.4 Å². The van der Waals surface area contributed by atoms with Gasteiger partial charge in [-0.05, 0) is 42.3 Å². The van der Waals surface area contributed by atoms with Crippen molar-refractivity contribution in [1.82, 2.24) is 19.9 Å². The highest BCUT2D eigenvalue weighted by Gasteiger charge is 2.25. The number of nitrogens with zero attached hydrogens (tertiary/aromatic N) is 3. The predicted octanol–water partition coefficient (Wildman–Crippen LogP) is 3.07. The second-order valence-corrected chi connectivity index (χ2v) is 6.83. The molecule has 30 heavy (non-hydrogen) atoms. The van der Waals surface area contributed by atoms with Crippen LogP contribution >= 0.6 is 0 Å². The molecule has 0 aliphatic carbocycles. The molecule has 2 aromatic heterocycles. The van der Waals surface area contributed by atoms with E-state index in [4.69, 9.17) is 14.6 Å². The van der Waals surface area contributed by atoms with Gasteiger partial charge in [0, 0.05) is 24.9 Å². The Morgan fingerprint density at radius 1 is 1.17 bits per heavy atom. The summed E-state index contributed by atoms with van der Waals surface area (Å²) in [6.45, 7) is 5.26. The van der Waals surface area contributed by atoms with Crippen LogP contribution in [0.1, 0.15) is 18.5 Å². The fourth-order valence-corrected chi connectivity index (χ4v) is 3.00. The van der Waals surface area contributed by atoms with Gasteiger partial charge in [-0.15, -0.1) is 0 Å². The number of H-pyrrole nitrogens is 1. The summed E-state index contributed by atoms with van der Waals surface area (Å²) < 4.78 is 24.8. The van der Waals surface area contributed by atoms with Gasteiger partial charge in [-0.25, -0.2) is 19.3 Å². The van der Waals surface area contributed by atoms with Gasteiger partial charge in [0.25, 0.3) is 0 Å². The highest BCUT2D eigenvalue weighted by Crippen LogP contribution is 2.33. The van der Waals surface area contributed by atoms with Crippen LogP contribution < -0.4 is 5.32 Å². The summed E-state index contributed by atoms with van der Waals surface area (Å²) in [4.78, 5) is 16.7. The number of anilines is 1. The number of ether oxygens (including phenoxy) is 2. The molecule has 1 aliphatic rings. The lowest BCUT2D eigenvalue weighted by atomic mass is 10.1. The Bertz CT molecular complexity index is 1010. The van der Waals surface area contributed by atoms with Crippen molar-refractivity contribution in [3.8, 4) is 22.6 Å². The molecule has 0 atom stereocenters. The SMILES string of the molecule is C=C1COC(c2nc(-c3ccc(F)cc3)c(-c3ccnc(NCCCO)n3)[nH]2)OC1. The maximum atomic E-state index is 13.4. The quantitative estimate of drug-likeness (QED) is 0.405. The van der Waals surface area contributed by atoms with Crippen molar-refractivity contribution in [3.05, 3.63) is 60.3 Å². The third kappa shape index (κ3) is 4.54. The molecular weight excluding hydrogens is 389 g/mol. The average molecular weight is 411 g/mol. The molecule has 3 aromatic rings. The van der Waals surface area contributed by atoms with Crippen molar-refractivity contribution in [1.29, 1.82) is 0 Å². The Morgan fingerprint density at radius 2 is 1.93 bits per heavy atom. The number of hydrogen-bond acceptors (Lipinski definition) is 7. The van der Waals surface area contributed by atoms with Gasteiger partial charge in [0.2, 0.25) is 12.2 Å². The lowest BCUT2D eigenvalue weighted by Gasteiger charge is -2.22. The number of halogens is 1. The van der Waals surface area contributed by atoms with Gasteiger partial charge in [-0.2, -0.15) is 0 Å². The number of aromatic nitrogens is 4. The average Bonchev–Trinajstić information content (AvgIpc) is 3.21. The summed E-state index contributed by atoms with van der Waals surface area (Å²) in [5.74, 6) is 0.597. The van der Waals surface area contributed by atoms with Crippen LogP contribution in [0.15, 0.2) is 48.7 Å². The number of rotatable bonds is 7. The van der Waals surface area contributed by atoms with E-state index in [1.54, 1.807) is 24.4 Å². The van der Waals surface area contributed by atoms with Gasteiger partial charge in [-0.1, -0.05) is 6.58 Å². The molecule has 0 saturated carbocycles. The summed E-state index contributed by atoms with van der Waals surface area (Å²) in [5.41, 5.74) is 3.42. The van der Waals surface area contributed by atoms with Gasteiger partial charge in [0.05, 0.1) is 30.3 Å². The highest BCUT2D eigenvalue weighted by atomic mass is 19.1. The lowest BCUT2D eigenvalue weighted by molar-refractivity contribution is -0.165. The molecule has 0 spiro atoms. The second kappa shape index (κ2) is 9.12. The first-order valence-electron chi connectivity index (χ1n) is 9.58. The summed E-state index contributed by atoms with van der Waals surface area (Å²) in [6.07, 6.45) is 1.56. The van der Waals surface area contributed by atoms with Crippen molar-refractivity contribution in [2.45, 2.75) is 12.7 Å². The van der Waals surface area contributed by atoms with Crippen molar-refractivity contribution in [2.75, 3.05) is 31.7 Å². The molecule has 1 aromatic carbocycles. The molecule has 1 saturated heterocycles. The molecule has 3 heterocycles. The van der Waals surface area contributed by atoms with E-state index in [1.165, 1.54) is 12.1 Å². The van der Waals surface area contributed by atoms with E-state index >= 15 is 0 Å². The molecule has 1 aliphatic heterocycles. The Hall–Kier alpha value is -3.14. The fourth-order valence-electron chi connectivity index (χ4n) is 3.00. The zero-order valence-corrected chi connectivity index (χ0v) is 16.3. The van der Waals surface area contributed by atoms with E-state index in [-0.39, 0.29) is 12.4 Å². The normalized spacial score (nSPS) is 14.8. The van der Waals surface area contributed by atoms with E-state index in [9.17, 15) is 4.39 Å². The smallest absolute Gasteiger partial charge is 0.223 e. The summed E-state index contributed by atoms with van der Waals surface area (Å²) >= 11 is 0. The number of imidazole rings is 1. The van der Waals surface area contributed by atoms with Gasteiger partial charge in [0.15, 0.2) is 5.82 Å². The lowest BCUT2D eigenvalue weighted by Crippen LogP contribution is -2.20. The first kappa shape index (κ1) is 20.1. The molecule has 0 unspecified atom stereocenters. The summed E-state index contributed by atoms with van der Waals surface area (Å²) in [5, 5.41) is 12.0. The van der Waals surface area contributed by atoms with Gasteiger partial charge >= 0.3 is 0 Å². The zero-order valence-electron chi connectivity index (χ0n) is 16.3. The van der Waals surface area contributed by atoms with Crippen LogP contribution in [0.2, 0.25) is 0 Å². The fraction of sp³-hybridized carbons (Fsp3) is 0.286. The number of aromatic amines is 1. The van der Waals surface area contributed by atoms with Gasteiger partial charge in [-0.3, -0.25) is 0 Å². The van der Waals surface area contributed by atoms with Crippen LogP contribution in [0.3, 0.4) is 0 Å². The summed E-state index contributed by atoms with van der Waals surface area (Å²) in [6, 6.07) is 7.83. The molecule has 4 rings (SSSR count). The Labute approximate surface area is 172 Å². The Morgan fingerprint density at radius 3 is 2.67 bits per heavy atom. The number of aliphatic hydroxyl groups excluding tert-OH is 1. The van der Waals surface area contributed by atoms with E-state index < -0.39 is 6.29 Å². The minimum absolute atomic E-state index is 0.0825. The molecule has 3 N–H and O–H groups in total. The molecule has 0 bridgehead atoms. The van der Waals surface area contributed by atoms with Crippen molar-refractivity contribution in [2.24, 2.45) is 0 Å². The van der Waals surface area contributed by atoms with Gasteiger partial charge in [0.1, 0.15) is 5.82 Å². The molecule has 1 fully saturated rings. The van der Waals surface area contributed by atoms with Gasteiger partial charge < -0.3 is 24.9 Å².